The minimum Gasteiger partial charge on any atom is -0.484 e. The van der Waals surface area contributed by atoms with E-state index in [0.29, 0.717) is 23.8 Å². The van der Waals surface area contributed by atoms with Crippen LogP contribution >= 0.6 is 11.8 Å². The van der Waals surface area contributed by atoms with Crippen LogP contribution in [0.25, 0.3) is 16.9 Å². The third-order valence-corrected chi connectivity index (χ3v) is 5.39. The van der Waals surface area contributed by atoms with Gasteiger partial charge in [0.25, 0.3) is 5.91 Å². The van der Waals surface area contributed by atoms with E-state index in [-0.39, 0.29) is 22.9 Å². The van der Waals surface area contributed by atoms with Crippen molar-refractivity contribution in [3.05, 3.63) is 60.3 Å². The molecule has 0 unspecified atom stereocenters. The van der Waals surface area contributed by atoms with Crippen molar-refractivity contribution in [3.8, 4) is 22.7 Å². The Morgan fingerprint density at radius 3 is 2.74 bits per heavy atom. The minimum atomic E-state index is -4.56. The van der Waals surface area contributed by atoms with Crippen molar-refractivity contribution in [2.45, 2.75) is 6.18 Å². The topological polar surface area (TPSA) is 60.3 Å². The molecule has 3 aromatic rings. The van der Waals surface area contributed by atoms with Crippen LogP contribution in [0.5, 0.6) is 5.75 Å². The van der Waals surface area contributed by atoms with Gasteiger partial charge in [0, 0.05) is 30.1 Å². The van der Waals surface area contributed by atoms with Crippen LogP contribution in [0, 0.1) is 5.82 Å². The second kappa shape index (κ2) is 8.58. The zero-order chi connectivity index (χ0) is 22.0. The summed E-state index contributed by atoms with van der Waals surface area (Å²) in [6.45, 7) is -0.956. The first kappa shape index (κ1) is 21.2. The Labute approximate surface area is 178 Å². The van der Waals surface area contributed by atoms with Crippen molar-refractivity contribution >= 4 is 17.7 Å². The van der Waals surface area contributed by atoms with Crippen LogP contribution in [0.2, 0.25) is 0 Å². The predicted octanol–water partition coefficient (Wildman–Crippen LogP) is 4.16. The number of amides is 1. The fourth-order valence-corrected chi connectivity index (χ4v) is 4.01. The SMILES string of the molecule is O=C(c1cc(-c2cc(F)cc(OCC(F)(F)F)c2)n(-c2cccnc2)n1)N1CCSC1. The molecular weight excluding hydrogens is 436 g/mol. The third kappa shape index (κ3) is 4.98. The van der Waals surface area contributed by atoms with Crippen LogP contribution in [0.1, 0.15) is 10.5 Å². The molecule has 162 valence electrons. The van der Waals surface area contributed by atoms with Crippen LogP contribution in [0.15, 0.2) is 48.8 Å². The van der Waals surface area contributed by atoms with Gasteiger partial charge in [-0.05, 0) is 30.3 Å². The summed E-state index contributed by atoms with van der Waals surface area (Å²) in [6.07, 6.45) is -1.49. The first-order valence-electron chi connectivity index (χ1n) is 9.18. The quantitative estimate of drug-likeness (QED) is 0.544. The molecule has 0 bridgehead atoms. The fourth-order valence-electron chi connectivity index (χ4n) is 3.06. The Morgan fingerprint density at radius 2 is 2.06 bits per heavy atom. The number of carbonyl (C=O) groups excluding carboxylic acids is 1. The normalized spacial score (nSPS) is 14.1. The number of benzene rings is 1. The molecule has 2 aromatic heterocycles. The molecule has 0 N–H and O–H groups in total. The second-order valence-electron chi connectivity index (χ2n) is 6.72. The second-order valence-corrected chi connectivity index (χ2v) is 7.80. The molecule has 31 heavy (non-hydrogen) atoms. The molecule has 6 nitrogen and oxygen atoms in total. The van der Waals surface area contributed by atoms with Crippen molar-refractivity contribution in [1.82, 2.24) is 19.7 Å². The lowest BCUT2D eigenvalue weighted by molar-refractivity contribution is -0.153. The molecule has 1 fully saturated rings. The minimum absolute atomic E-state index is 0.142. The van der Waals surface area contributed by atoms with Gasteiger partial charge in [0.1, 0.15) is 11.6 Å². The van der Waals surface area contributed by atoms with Crippen LogP contribution in [0.4, 0.5) is 17.6 Å². The van der Waals surface area contributed by atoms with Crippen LogP contribution in [-0.4, -0.2) is 56.5 Å². The van der Waals surface area contributed by atoms with Gasteiger partial charge in [-0.2, -0.15) is 18.3 Å². The molecule has 3 heterocycles. The van der Waals surface area contributed by atoms with E-state index in [4.69, 9.17) is 4.74 Å². The van der Waals surface area contributed by atoms with Crippen LogP contribution in [0.3, 0.4) is 0 Å². The number of ether oxygens (including phenoxy) is 1. The molecule has 1 aliphatic heterocycles. The summed E-state index contributed by atoms with van der Waals surface area (Å²) in [6, 6.07) is 8.14. The first-order valence-corrected chi connectivity index (χ1v) is 10.3. The number of halogens is 4. The van der Waals surface area contributed by atoms with Gasteiger partial charge < -0.3 is 9.64 Å². The van der Waals surface area contributed by atoms with E-state index in [1.165, 1.54) is 23.0 Å². The van der Waals surface area contributed by atoms with Gasteiger partial charge in [-0.25, -0.2) is 9.07 Å². The van der Waals surface area contributed by atoms with E-state index in [9.17, 15) is 22.4 Å². The molecule has 1 amide bonds. The van der Waals surface area contributed by atoms with E-state index in [1.807, 2.05) is 0 Å². The molecule has 11 heteroatoms. The summed E-state index contributed by atoms with van der Waals surface area (Å²) < 4.78 is 57.8. The Kier molecular flexibility index (Phi) is 5.86. The van der Waals surface area contributed by atoms with Crippen LogP contribution in [-0.2, 0) is 0 Å². The Balaban J connectivity index is 1.76. The lowest BCUT2D eigenvalue weighted by Crippen LogP contribution is -2.28. The number of thioether (sulfide) groups is 1. The number of alkyl halides is 3. The molecule has 0 atom stereocenters. The van der Waals surface area contributed by atoms with Gasteiger partial charge >= 0.3 is 6.18 Å². The molecule has 0 spiro atoms. The van der Waals surface area contributed by atoms with Crippen LogP contribution < -0.4 is 4.74 Å². The average molecular weight is 452 g/mol. The highest BCUT2D eigenvalue weighted by molar-refractivity contribution is 7.99. The maximum Gasteiger partial charge on any atom is 0.422 e. The maximum atomic E-state index is 14.2. The van der Waals surface area contributed by atoms with Gasteiger partial charge in [-0.3, -0.25) is 9.78 Å². The van der Waals surface area contributed by atoms with Gasteiger partial charge in [0.2, 0.25) is 0 Å². The van der Waals surface area contributed by atoms with Gasteiger partial charge in [-0.15, -0.1) is 11.8 Å². The molecule has 4 rings (SSSR count). The highest BCUT2D eigenvalue weighted by Crippen LogP contribution is 2.30. The largest absolute Gasteiger partial charge is 0.484 e. The van der Waals surface area contributed by atoms with Crippen molar-refractivity contribution in [2.24, 2.45) is 0 Å². The van der Waals surface area contributed by atoms with E-state index in [0.717, 1.165) is 17.9 Å². The molecule has 0 saturated carbocycles. The monoisotopic (exact) mass is 452 g/mol. The number of rotatable bonds is 5. The number of pyridine rings is 1. The number of aromatic nitrogens is 3. The molecule has 0 aliphatic carbocycles. The van der Waals surface area contributed by atoms with Gasteiger partial charge in [0.15, 0.2) is 12.3 Å². The van der Waals surface area contributed by atoms with E-state index < -0.39 is 18.6 Å². The van der Waals surface area contributed by atoms with Gasteiger partial charge in [-0.1, -0.05) is 0 Å². The summed E-state index contributed by atoms with van der Waals surface area (Å²) in [5, 5.41) is 4.38. The lowest BCUT2D eigenvalue weighted by atomic mass is 10.1. The first-order chi connectivity index (χ1) is 14.8. The predicted molar refractivity (Wildman–Crippen MR) is 107 cm³/mol. The van der Waals surface area contributed by atoms with E-state index in [2.05, 4.69) is 10.1 Å². The standard InChI is InChI=1S/C20H16F4N4O2S/c21-14-6-13(7-16(8-14)30-11-20(22,23)24)18-9-17(19(29)27-4-5-31-12-27)26-28(18)15-2-1-3-25-10-15/h1-3,6-10H,4-5,11-12H2. The summed E-state index contributed by atoms with van der Waals surface area (Å²) >= 11 is 1.62. The van der Waals surface area contributed by atoms with E-state index in [1.54, 1.807) is 35.0 Å². The van der Waals surface area contributed by atoms with E-state index >= 15 is 0 Å². The summed E-state index contributed by atoms with van der Waals surface area (Å²) in [7, 11) is 0. The fraction of sp³-hybridized carbons (Fsp3) is 0.250. The lowest BCUT2D eigenvalue weighted by Gasteiger charge is -2.12. The van der Waals surface area contributed by atoms with Crippen molar-refractivity contribution in [2.75, 3.05) is 24.8 Å². The number of hydrogen-bond acceptors (Lipinski definition) is 5. The third-order valence-electron chi connectivity index (χ3n) is 4.43. The summed E-state index contributed by atoms with van der Waals surface area (Å²) in [5.74, 6) is 0.0287. The molecule has 1 saturated heterocycles. The molecular formula is C20H16F4N4O2S. The average Bonchev–Trinajstić information content (AvgIpc) is 3.42. The zero-order valence-corrected chi connectivity index (χ0v) is 16.8. The number of nitrogens with zero attached hydrogens (tertiary/aromatic N) is 4. The van der Waals surface area contributed by atoms with Crippen molar-refractivity contribution in [3.63, 3.8) is 0 Å². The summed E-state index contributed by atoms with van der Waals surface area (Å²) in [5.41, 5.74) is 1.18. The number of hydrogen-bond donors (Lipinski definition) is 0. The van der Waals surface area contributed by atoms with Crippen molar-refractivity contribution < 1.29 is 27.1 Å². The Hall–Kier alpha value is -3.08. The zero-order valence-electron chi connectivity index (χ0n) is 16.0. The smallest absolute Gasteiger partial charge is 0.422 e. The number of carbonyl (C=O) groups is 1. The van der Waals surface area contributed by atoms with Crippen molar-refractivity contribution in [1.29, 1.82) is 0 Å². The summed E-state index contributed by atoms with van der Waals surface area (Å²) in [4.78, 5) is 18.5. The maximum absolute atomic E-state index is 14.2. The molecule has 1 aliphatic rings. The highest BCUT2D eigenvalue weighted by Gasteiger charge is 2.29. The molecule has 0 radical (unpaired) electrons. The Morgan fingerprint density at radius 1 is 1.23 bits per heavy atom. The Bertz CT molecular complexity index is 1080. The van der Waals surface area contributed by atoms with Gasteiger partial charge in [0.05, 0.1) is 23.5 Å². The molecule has 1 aromatic carbocycles. The highest BCUT2D eigenvalue weighted by atomic mass is 32.2.